The lowest BCUT2D eigenvalue weighted by Crippen LogP contribution is -2.37. The van der Waals surface area contributed by atoms with Crippen LogP contribution in [-0.2, 0) is 10.0 Å². The number of carbonyl (C=O) groups excluding carboxylic acids is 1. The van der Waals surface area contributed by atoms with E-state index in [9.17, 15) is 13.2 Å². The molecule has 1 fully saturated rings. The monoisotopic (exact) mass is 473 g/mol. The third kappa shape index (κ3) is 5.03. The minimum absolute atomic E-state index is 0.00857. The van der Waals surface area contributed by atoms with Gasteiger partial charge in [0.1, 0.15) is 5.69 Å². The Hall–Kier alpha value is -2.68. The van der Waals surface area contributed by atoms with E-state index in [0.717, 1.165) is 18.4 Å². The second kappa shape index (κ2) is 9.44. The van der Waals surface area contributed by atoms with Crippen molar-refractivity contribution in [3.63, 3.8) is 0 Å². The Labute approximate surface area is 192 Å². The molecule has 7 nitrogen and oxygen atoms in total. The van der Waals surface area contributed by atoms with Gasteiger partial charge < -0.3 is 9.84 Å². The van der Waals surface area contributed by atoms with Gasteiger partial charge in [-0.15, -0.1) is 0 Å². The van der Waals surface area contributed by atoms with Gasteiger partial charge in [-0.2, -0.15) is 4.31 Å². The number of aromatic nitrogens is 1. The molecule has 0 spiro atoms. The molecular formula is C23H24ClN3O4S. The van der Waals surface area contributed by atoms with E-state index in [-0.39, 0.29) is 17.2 Å². The highest BCUT2D eigenvalue weighted by Crippen LogP contribution is 2.25. The summed E-state index contributed by atoms with van der Waals surface area (Å²) in [5.41, 5.74) is 1.89. The molecule has 0 unspecified atom stereocenters. The van der Waals surface area contributed by atoms with Gasteiger partial charge in [-0.3, -0.25) is 4.79 Å². The van der Waals surface area contributed by atoms with Crippen molar-refractivity contribution in [1.82, 2.24) is 9.46 Å². The Bertz CT molecular complexity index is 1180. The zero-order chi connectivity index (χ0) is 22.7. The van der Waals surface area contributed by atoms with E-state index in [1.807, 2.05) is 12.1 Å². The summed E-state index contributed by atoms with van der Waals surface area (Å²) in [5.74, 6) is 0.715. The number of piperidine rings is 1. The zero-order valence-electron chi connectivity index (χ0n) is 17.6. The van der Waals surface area contributed by atoms with Crippen LogP contribution < -0.4 is 5.32 Å². The summed E-state index contributed by atoms with van der Waals surface area (Å²) in [6.45, 7) is 3.19. The third-order valence-corrected chi connectivity index (χ3v) is 7.79. The largest absolute Gasteiger partial charge is 0.347 e. The molecule has 32 heavy (non-hydrogen) atoms. The second-order valence-electron chi connectivity index (χ2n) is 7.97. The minimum Gasteiger partial charge on any atom is -0.347 e. The van der Waals surface area contributed by atoms with Gasteiger partial charge in [0.15, 0.2) is 5.78 Å². The Kier molecular flexibility index (Phi) is 6.64. The first-order valence-electron chi connectivity index (χ1n) is 10.4. The SMILES string of the molecule is CC1CCN(S(=O)(=O)c2ccc(C(=O)CNc3cc(-c4ccc(Cl)cc4)no3)cc2)CC1. The summed E-state index contributed by atoms with van der Waals surface area (Å²) in [6.07, 6.45) is 1.73. The van der Waals surface area contributed by atoms with Gasteiger partial charge in [0.2, 0.25) is 15.9 Å². The molecule has 0 amide bonds. The Balaban J connectivity index is 1.37. The lowest BCUT2D eigenvalue weighted by Gasteiger charge is -2.29. The zero-order valence-corrected chi connectivity index (χ0v) is 19.2. The molecule has 0 radical (unpaired) electrons. The Morgan fingerprint density at radius 2 is 1.78 bits per heavy atom. The molecule has 4 rings (SSSR count). The molecule has 1 aromatic heterocycles. The number of benzene rings is 2. The van der Waals surface area contributed by atoms with E-state index >= 15 is 0 Å². The van der Waals surface area contributed by atoms with Gasteiger partial charge in [-0.05, 0) is 55.2 Å². The number of anilines is 1. The number of rotatable bonds is 7. The highest BCUT2D eigenvalue weighted by atomic mass is 35.5. The first-order valence-corrected chi connectivity index (χ1v) is 12.2. The normalized spacial score (nSPS) is 15.6. The fourth-order valence-electron chi connectivity index (χ4n) is 3.57. The van der Waals surface area contributed by atoms with Crippen molar-refractivity contribution in [3.05, 3.63) is 65.2 Å². The van der Waals surface area contributed by atoms with Crippen LogP contribution in [0, 0.1) is 5.92 Å². The summed E-state index contributed by atoms with van der Waals surface area (Å²) < 4.78 is 32.4. The smallest absolute Gasteiger partial charge is 0.243 e. The first-order chi connectivity index (χ1) is 15.3. The van der Waals surface area contributed by atoms with Gasteiger partial charge in [0.05, 0.1) is 11.4 Å². The maximum atomic E-state index is 12.8. The number of hydrogen-bond donors (Lipinski definition) is 1. The van der Waals surface area contributed by atoms with Gasteiger partial charge in [0, 0.05) is 35.3 Å². The van der Waals surface area contributed by atoms with E-state index < -0.39 is 10.0 Å². The van der Waals surface area contributed by atoms with Crippen LogP contribution in [0.1, 0.15) is 30.1 Å². The molecule has 3 aromatic rings. The molecule has 2 heterocycles. The first kappa shape index (κ1) is 22.5. The Morgan fingerprint density at radius 3 is 2.44 bits per heavy atom. The van der Waals surface area contributed by atoms with Crippen molar-refractivity contribution in [2.24, 2.45) is 5.92 Å². The Morgan fingerprint density at radius 1 is 1.12 bits per heavy atom. The van der Waals surface area contributed by atoms with Gasteiger partial charge in [-0.1, -0.05) is 35.8 Å². The molecule has 0 aliphatic carbocycles. The van der Waals surface area contributed by atoms with Crippen LogP contribution in [0.3, 0.4) is 0 Å². The fourth-order valence-corrected chi connectivity index (χ4v) is 5.17. The predicted molar refractivity (Wildman–Crippen MR) is 123 cm³/mol. The molecule has 0 atom stereocenters. The lowest BCUT2D eigenvalue weighted by molar-refractivity contribution is 0.100. The standard InChI is InChI=1S/C23H24ClN3O4S/c1-16-10-12-27(13-11-16)32(29,30)20-8-4-18(5-9-20)22(28)15-25-23-14-21(26-31-23)17-2-6-19(24)7-3-17/h2-9,14,16,25H,10-13,15H2,1H3. The van der Waals surface area contributed by atoms with Crippen LogP contribution in [0.5, 0.6) is 0 Å². The quantitative estimate of drug-likeness (QED) is 0.499. The van der Waals surface area contributed by atoms with Crippen molar-refractivity contribution in [3.8, 4) is 11.3 Å². The maximum Gasteiger partial charge on any atom is 0.243 e. The van der Waals surface area contributed by atoms with Crippen LogP contribution in [0.15, 0.2) is 64.0 Å². The van der Waals surface area contributed by atoms with Crippen molar-refractivity contribution in [1.29, 1.82) is 0 Å². The number of halogens is 1. The van der Waals surface area contributed by atoms with Crippen LogP contribution in [-0.4, -0.2) is 43.3 Å². The molecule has 1 N–H and O–H groups in total. The van der Waals surface area contributed by atoms with E-state index in [0.29, 0.717) is 41.2 Å². The van der Waals surface area contributed by atoms with Crippen LogP contribution >= 0.6 is 11.6 Å². The minimum atomic E-state index is -3.53. The summed E-state index contributed by atoms with van der Waals surface area (Å²) in [4.78, 5) is 12.7. The van der Waals surface area contributed by atoms with Crippen molar-refractivity contribution < 1.29 is 17.7 Å². The molecule has 9 heteroatoms. The van der Waals surface area contributed by atoms with E-state index in [4.69, 9.17) is 16.1 Å². The van der Waals surface area contributed by atoms with Gasteiger partial charge in [0.25, 0.3) is 0 Å². The molecular weight excluding hydrogens is 450 g/mol. The average molecular weight is 474 g/mol. The van der Waals surface area contributed by atoms with E-state index in [2.05, 4.69) is 17.4 Å². The maximum absolute atomic E-state index is 12.8. The average Bonchev–Trinajstić information content (AvgIpc) is 3.27. The number of sulfonamides is 1. The van der Waals surface area contributed by atoms with Crippen molar-refractivity contribution in [2.45, 2.75) is 24.7 Å². The van der Waals surface area contributed by atoms with Crippen LogP contribution in [0.25, 0.3) is 11.3 Å². The number of ketones is 1. The van der Waals surface area contributed by atoms with E-state index in [1.54, 1.807) is 30.3 Å². The topological polar surface area (TPSA) is 92.5 Å². The highest BCUT2D eigenvalue weighted by molar-refractivity contribution is 7.89. The number of Topliss-reactive ketones (excluding diaryl/α,β-unsaturated/α-hetero) is 1. The molecule has 1 aliphatic rings. The third-order valence-electron chi connectivity index (χ3n) is 5.63. The fraction of sp³-hybridized carbons (Fsp3) is 0.304. The molecule has 0 saturated carbocycles. The summed E-state index contributed by atoms with van der Waals surface area (Å²) in [5, 5.41) is 7.54. The number of nitrogens with one attached hydrogen (secondary N) is 1. The number of carbonyl (C=O) groups is 1. The molecule has 1 saturated heterocycles. The molecule has 1 aliphatic heterocycles. The van der Waals surface area contributed by atoms with Crippen LogP contribution in [0.2, 0.25) is 5.02 Å². The summed E-state index contributed by atoms with van der Waals surface area (Å²) >= 11 is 5.90. The van der Waals surface area contributed by atoms with Crippen LogP contribution in [0.4, 0.5) is 5.88 Å². The summed E-state index contributed by atoms with van der Waals surface area (Å²) in [6, 6.07) is 15.0. The van der Waals surface area contributed by atoms with Crippen molar-refractivity contribution in [2.75, 3.05) is 25.0 Å². The number of hydrogen-bond acceptors (Lipinski definition) is 6. The van der Waals surface area contributed by atoms with Gasteiger partial charge in [-0.25, -0.2) is 8.42 Å². The lowest BCUT2D eigenvalue weighted by atomic mass is 10.0. The molecule has 2 aromatic carbocycles. The molecule has 168 valence electrons. The second-order valence-corrected chi connectivity index (χ2v) is 10.3. The van der Waals surface area contributed by atoms with E-state index in [1.165, 1.54) is 16.4 Å². The highest BCUT2D eigenvalue weighted by Gasteiger charge is 2.28. The molecule has 0 bridgehead atoms. The van der Waals surface area contributed by atoms with Crippen molar-refractivity contribution >= 4 is 33.3 Å². The number of nitrogens with zero attached hydrogens (tertiary/aromatic N) is 2. The summed E-state index contributed by atoms with van der Waals surface area (Å²) in [7, 11) is -3.53. The predicted octanol–water partition coefficient (Wildman–Crippen LogP) is 4.71. The van der Waals surface area contributed by atoms with Gasteiger partial charge >= 0.3 is 0 Å².